The largest absolute Gasteiger partial charge is 0.0616 e. The van der Waals surface area contributed by atoms with E-state index in [1.54, 1.807) is 0 Å². The molecule has 14 rings (SSSR count). The molecule has 0 saturated heterocycles. The topological polar surface area (TPSA) is 0 Å². The Morgan fingerprint density at radius 3 is 0.864 bits per heavy atom. The van der Waals surface area contributed by atoms with Crippen LogP contribution in [0, 0.1) is 0 Å². The van der Waals surface area contributed by atoms with Gasteiger partial charge in [0.2, 0.25) is 0 Å². The summed E-state index contributed by atoms with van der Waals surface area (Å²) in [5.74, 6) is 0. The lowest BCUT2D eigenvalue weighted by Crippen LogP contribution is -1.92. The van der Waals surface area contributed by atoms with Gasteiger partial charge in [0.1, 0.15) is 0 Å². The Balaban J connectivity index is 1.04. The Labute approximate surface area is 382 Å². The van der Waals surface area contributed by atoms with Crippen LogP contribution in [0.15, 0.2) is 243 Å². The summed E-state index contributed by atoms with van der Waals surface area (Å²) in [5.41, 5.74) is 9.91. The number of rotatable bonds is 4. The van der Waals surface area contributed by atoms with Crippen molar-refractivity contribution in [1.29, 1.82) is 0 Å². The second-order valence-corrected chi connectivity index (χ2v) is 17.9. The zero-order valence-corrected chi connectivity index (χ0v) is 36.1. The number of benzene rings is 14. The highest BCUT2D eigenvalue weighted by Crippen LogP contribution is 2.48. The quantitative estimate of drug-likeness (QED) is 0.155. The van der Waals surface area contributed by atoms with E-state index in [-0.39, 0.29) is 0 Å². The van der Waals surface area contributed by atoms with Crippen LogP contribution in [0.2, 0.25) is 0 Å². The third kappa shape index (κ3) is 5.59. The third-order valence-corrected chi connectivity index (χ3v) is 14.4. The molecule has 0 unspecified atom stereocenters. The first-order chi connectivity index (χ1) is 32.7. The van der Waals surface area contributed by atoms with Crippen LogP contribution in [0.4, 0.5) is 0 Å². The van der Waals surface area contributed by atoms with Crippen molar-refractivity contribution in [3.8, 4) is 44.5 Å². The molecule has 0 saturated carbocycles. The highest BCUT2D eigenvalue weighted by atomic mass is 14.2. The normalized spacial score (nSPS) is 11.9. The average Bonchev–Trinajstić information content (AvgIpc) is 3.39. The molecular weight excluding hydrogens is 793 g/mol. The molecule has 0 aliphatic carbocycles. The molecule has 304 valence electrons. The zero-order chi connectivity index (χ0) is 43.3. The Morgan fingerprint density at radius 1 is 0.152 bits per heavy atom. The second-order valence-electron chi connectivity index (χ2n) is 17.9. The summed E-state index contributed by atoms with van der Waals surface area (Å²) < 4.78 is 0. The Kier molecular flexibility index (Phi) is 8.08. The lowest BCUT2D eigenvalue weighted by atomic mass is 9.84. The molecule has 0 aliphatic rings. The monoisotopic (exact) mass is 832 g/mol. The van der Waals surface area contributed by atoms with Gasteiger partial charge in [-0.3, -0.25) is 0 Å². The van der Waals surface area contributed by atoms with E-state index in [1.807, 2.05) is 0 Å². The summed E-state index contributed by atoms with van der Waals surface area (Å²) >= 11 is 0. The smallest absolute Gasteiger partial charge is 0.00139 e. The molecule has 0 heteroatoms. The fourth-order valence-corrected chi connectivity index (χ4v) is 11.3. The van der Waals surface area contributed by atoms with Gasteiger partial charge >= 0.3 is 0 Å². The maximum absolute atomic E-state index is 2.46. The molecule has 0 atom stereocenters. The van der Waals surface area contributed by atoms with Crippen LogP contribution in [0.3, 0.4) is 0 Å². The fraction of sp³-hybridized carbons (Fsp3) is 0. The summed E-state index contributed by atoms with van der Waals surface area (Å²) in [5, 5.41) is 22.8. The summed E-state index contributed by atoms with van der Waals surface area (Å²) in [7, 11) is 0. The molecular formula is C66H40. The lowest BCUT2D eigenvalue weighted by molar-refractivity contribution is 1.64. The summed E-state index contributed by atoms with van der Waals surface area (Å²) in [6.07, 6.45) is 0. The third-order valence-electron chi connectivity index (χ3n) is 14.4. The number of fused-ring (bicyclic) bond motifs is 15. The predicted molar refractivity (Wildman–Crippen MR) is 286 cm³/mol. The van der Waals surface area contributed by atoms with Crippen molar-refractivity contribution in [3.63, 3.8) is 0 Å². The summed E-state index contributed by atoms with van der Waals surface area (Å²) in [4.78, 5) is 0. The van der Waals surface area contributed by atoms with Crippen LogP contribution in [-0.4, -0.2) is 0 Å². The molecule has 0 bridgehead atoms. The maximum atomic E-state index is 2.46. The molecule has 0 aromatic heterocycles. The molecule has 14 aromatic carbocycles. The van der Waals surface area contributed by atoms with Gasteiger partial charge in [-0.25, -0.2) is 0 Å². The standard InChI is InChI=1S/C66H40/c1-3-19-45-37-63(51-29-13-21-41-15-5-7-23-49(41)51)59(35-43(45)17-1)47-31-33-57-61(39-47)53-25-9-11-27-55(53)66-58-34-32-48(40-62(58)54-26-10-12-28-56(54)65(57)66)60-36-44-18-2-4-20-46(44)38-64(60)52-30-14-22-42-16-6-8-24-50(42)52/h1-40H. The van der Waals surface area contributed by atoms with Crippen LogP contribution in [0.5, 0.6) is 0 Å². The fourth-order valence-electron chi connectivity index (χ4n) is 11.3. The van der Waals surface area contributed by atoms with Crippen LogP contribution in [0.25, 0.3) is 141 Å². The van der Waals surface area contributed by atoms with Gasteiger partial charge in [-0.15, -0.1) is 0 Å². The zero-order valence-electron chi connectivity index (χ0n) is 36.1. The van der Waals surface area contributed by atoms with Gasteiger partial charge in [0.05, 0.1) is 0 Å². The Morgan fingerprint density at radius 2 is 0.455 bits per heavy atom. The van der Waals surface area contributed by atoms with E-state index in [2.05, 4.69) is 243 Å². The second kappa shape index (κ2) is 14.5. The SMILES string of the molecule is c1ccc2cc(-c3cccc4ccccc34)c(-c3ccc4c(c3)c3ccccc3c3c5ccc(-c6cc7ccccc7cc6-c6cccc7ccccc67)cc5c5ccccc5c43)cc2c1. The molecule has 0 aliphatic heterocycles. The Bertz CT molecular complexity index is 4050. The van der Waals surface area contributed by atoms with E-state index in [0.29, 0.717) is 0 Å². The van der Waals surface area contributed by atoms with Gasteiger partial charge in [0.15, 0.2) is 0 Å². The minimum absolute atomic E-state index is 1.22. The predicted octanol–water partition coefficient (Wildman–Crippen LogP) is 18.7. The van der Waals surface area contributed by atoms with Crippen molar-refractivity contribution in [2.45, 2.75) is 0 Å². The Hall–Kier alpha value is -8.58. The van der Waals surface area contributed by atoms with Crippen molar-refractivity contribution >= 4 is 97.0 Å². The van der Waals surface area contributed by atoms with Crippen molar-refractivity contribution in [3.05, 3.63) is 243 Å². The first-order valence-electron chi connectivity index (χ1n) is 23.0. The van der Waals surface area contributed by atoms with Crippen LogP contribution < -0.4 is 0 Å². The summed E-state index contributed by atoms with van der Waals surface area (Å²) in [6, 6.07) is 90.7. The molecule has 0 heterocycles. The molecule has 0 radical (unpaired) electrons. The van der Waals surface area contributed by atoms with E-state index in [4.69, 9.17) is 0 Å². The molecule has 0 N–H and O–H groups in total. The lowest BCUT2D eigenvalue weighted by Gasteiger charge is -2.19. The van der Waals surface area contributed by atoms with Gasteiger partial charge < -0.3 is 0 Å². The molecule has 14 aromatic rings. The van der Waals surface area contributed by atoms with Crippen LogP contribution in [0.1, 0.15) is 0 Å². The minimum atomic E-state index is 1.22. The highest BCUT2D eigenvalue weighted by Gasteiger charge is 2.20. The van der Waals surface area contributed by atoms with E-state index in [9.17, 15) is 0 Å². The first kappa shape index (κ1) is 36.9. The average molecular weight is 833 g/mol. The van der Waals surface area contributed by atoms with Gasteiger partial charge in [-0.2, -0.15) is 0 Å². The number of hydrogen-bond acceptors (Lipinski definition) is 0. The van der Waals surface area contributed by atoms with Gasteiger partial charge in [0, 0.05) is 0 Å². The highest BCUT2D eigenvalue weighted by molar-refractivity contribution is 6.40. The minimum Gasteiger partial charge on any atom is -0.0616 e. The van der Waals surface area contributed by atoms with Crippen molar-refractivity contribution < 1.29 is 0 Å². The maximum Gasteiger partial charge on any atom is -0.00139 e. The van der Waals surface area contributed by atoms with Gasteiger partial charge in [-0.1, -0.05) is 206 Å². The molecule has 0 amide bonds. The van der Waals surface area contributed by atoms with E-state index < -0.39 is 0 Å². The van der Waals surface area contributed by atoms with E-state index in [1.165, 1.54) is 141 Å². The van der Waals surface area contributed by atoms with Crippen molar-refractivity contribution in [1.82, 2.24) is 0 Å². The van der Waals surface area contributed by atoms with Gasteiger partial charge in [-0.05, 0) is 178 Å². The van der Waals surface area contributed by atoms with E-state index >= 15 is 0 Å². The summed E-state index contributed by atoms with van der Waals surface area (Å²) in [6.45, 7) is 0. The molecule has 0 spiro atoms. The molecule has 0 nitrogen and oxygen atoms in total. The van der Waals surface area contributed by atoms with E-state index in [0.717, 1.165) is 0 Å². The molecule has 0 fully saturated rings. The van der Waals surface area contributed by atoms with Crippen LogP contribution in [-0.2, 0) is 0 Å². The van der Waals surface area contributed by atoms with Gasteiger partial charge in [0.25, 0.3) is 0 Å². The molecule has 66 heavy (non-hydrogen) atoms. The van der Waals surface area contributed by atoms with Crippen molar-refractivity contribution in [2.24, 2.45) is 0 Å². The number of hydrogen-bond donors (Lipinski definition) is 0. The van der Waals surface area contributed by atoms with Crippen molar-refractivity contribution in [2.75, 3.05) is 0 Å². The van der Waals surface area contributed by atoms with Crippen LogP contribution >= 0.6 is 0 Å². The first-order valence-corrected chi connectivity index (χ1v) is 23.0.